The Labute approximate surface area is 171 Å². The number of halogens is 2. The smallest absolute Gasteiger partial charge is 0.264 e. The van der Waals surface area contributed by atoms with Crippen LogP contribution >= 0.6 is 23.4 Å². The maximum Gasteiger partial charge on any atom is 0.264 e. The zero-order valence-electron chi connectivity index (χ0n) is 15.3. The molecule has 1 aliphatic heterocycles. The van der Waals surface area contributed by atoms with E-state index in [-0.39, 0.29) is 11.7 Å². The summed E-state index contributed by atoms with van der Waals surface area (Å²) in [7, 11) is 0. The predicted molar refractivity (Wildman–Crippen MR) is 111 cm³/mol. The van der Waals surface area contributed by atoms with Crippen molar-refractivity contribution in [2.24, 2.45) is 4.99 Å². The largest absolute Gasteiger partial charge is 0.490 e. The fourth-order valence-corrected chi connectivity index (χ4v) is 3.49. The van der Waals surface area contributed by atoms with E-state index in [2.05, 4.69) is 10.3 Å². The fourth-order valence-electron chi connectivity index (χ4n) is 2.45. The second-order valence-corrected chi connectivity index (χ2v) is 7.08. The second-order valence-electron chi connectivity index (χ2n) is 5.64. The van der Waals surface area contributed by atoms with E-state index in [0.29, 0.717) is 51.1 Å². The first-order chi connectivity index (χ1) is 13.5. The third kappa shape index (κ3) is 4.85. The molecule has 0 spiro atoms. The number of benzene rings is 2. The van der Waals surface area contributed by atoms with Crippen molar-refractivity contribution in [1.82, 2.24) is 5.32 Å². The Morgan fingerprint density at radius 2 is 1.79 bits per heavy atom. The number of nitrogens with zero attached hydrogens (tertiary/aromatic N) is 1. The maximum absolute atomic E-state index is 13.0. The first kappa shape index (κ1) is 20.2. The number of carbonyl (C=O) groups is 1. The summed E-state index contributed by atoms with van der Waals surface area (Å²) in [6, 6.07) is 9.11. The van der Waals surface area contributed by atoms with Gasteiger partial charge in [0.05, 0.1) is 28.8 Å². The van der Waals surface area contributed by atoms with Crippen LogP contribution in [-0.2, 0) is 4.79 Å². The summed E-state index contributed by atoms with van der Waals surface area (Å²) < 4.78 is 24.2. The highest BCUT2D eigenvalue weighted by Crippen LogP contribution is 2.36. The van der Waals surface area contributed by atoms with Gasteiger partial charge < -0.3 is 14.8 Å². The van der Waals surface area contributed by atoms with Gasteiger partial charge >= 0.3 is 0 Å². The van der Waals surface area contributed by atoms with Crippen LogP contribution in [0.2, 0.25) is 5.02 Å². The first-order valence-electron chi connectivity index (χ1n) is 8.64. The quantitative estimate of drug-likeness (QED) is 0.655. The summed E-state index contributed by atoms with van der Waals surface area (Å²) in [6.45, 7) is 4.71. The molecule has 28 heavy (non-hydrogen) atoms. The number of amidine groups is 1. The van der Waals surface area contributed by atoms with Crippen LogP contribution in [0.5, 0.6) is 11.5 Å². The molecule has 5 nitrogen and oxygen atoms in total. The second kappa shape index (κ2) is 9.12. The van der Waals surface area contributed by atoms with Crippen molar-refractivity contribution in [1.29, 1.82) is 0 Å². The number of thioether (sulfide) groups is 1. The Bertz CT molecular complexity index is 945. The normalized spacial score (nSPS) is 16.5. The van der Waals surface area contributed by atoms with Crippen LogP contribution in [-0.4, -0.2) is 24.3 Å². The number of amides is 1. The van der Waals surface area contributed by atoms with E-state index in [1.54, 1.807) is 18.2 Å². The molecular formula is C20H18ClFN2O3S. The Hall–Kier alpha value is -2.51. The molecule has 3 rings (SSSR count). The van der Waals surface area contributed by atoms with Gasteiger partial charge in [-0.15, -0.1) is 0 Å². The van der Waals surface area contributed by atoms with E-state index in [9.17, 15) is 9.18 Å². The molecule has 146 valence electrons. The lowest BCUT2D eigenvalue weighted by Gasteiger charge is -2.12. The molecule has 1 N–H and O–H groups in total. The van der Waals surface area contributed by atoms with Crippen LogP contribution in [0.25, 0.3) is 6.08 Å². The molecule has 1 saturated heterocycles. The molecule has 0 bridgehead atoms. The van der Waals surface area contributed by atoms with Gasteiger partial charge in [-0.1, -0.05) is 11.6 Å². The molecule has 0 unspecified atom stereocenters. The van der Waals surface area contributed by atoms with Crippen LogP contribution in [0.15, 0.2) is 46.3 Å². The highest BCUT2D eigenvalue weighted by atomic mass is 35.5. The summed E-state index contributed by atoms with van der Waals surface area (Å²) in [5.74, 6) is 0.486. The molecule has 0 saturated carbocycles. The number of ether oxygens (including phenoxy) is 2. The van der Waals surface area contributed by atoms with Gasteiger partial charge in [-0.3, -0.25) is 4.79 Å². The van der Waals surface area contributed by atoms with Gasteiger partial charge in [0, 0.05) is 6.07 Å². The predicted octanol–water partition coefficient (Wildman–Crippen LogP) is 5.17. The van der Waals surface area contributed by atoms with Gasteiger partial charge in [0.15, 0.2) is 16.7 Å². The topological polar surface area (TPSA) is 59.9 Å². The van der Waals surface area contributed by atoms with Crippen molar-refractivity contribution in [2.45, 2.75) is 13.8 Å². The lowest BCUT2D eigenvalue weighted by atomic mass is 10.1. The van der Waals surface area contributed by atoms with Crippen molar-refractivity contribution in [3.8, 4) is 11.5 Å². The van der Waals surface area contributed by atoms with E-state index < -0.39 is 0 Å². The van der Waals surface area contributed by atoms with Gasteiger partial charge in [-0.05, 0) is 67.6 Å². The average molecular weight is 421 g/mol. The zero-order valence-corrected chi connectivity index (χ0v) is 16.9. The Morgan fingerprint density at radius 3 is 2.43 bits per heavy atom. The number of carbonyl (C=O) groups excluding carboxylic acids is 1. The van der Waals surface area contributed by atoms with Gasteiger partial charge in [0.1, 0.15) is 5.82 Å². The summed E-state index contributed by atoms with van der Waals surface area (Å²) >= 11 is 7.54. The number of nitrogens with one attached hydrogen (secondary N) is 1. The SMILES string of the molecule is CCOc1cc(Cl)c(/C=C2/SC(=Nc3ccc(F)cc3)NC2=O)cc1OCC. The van der Waals surface area contributed by atoms with Crippen LogP contribution in [0.4, 0.5) is 10.1 Å². The highest BCUT2D eigenvalue weighted by molar-refractivity contribution is 8.18. The fraction of sp³-hybridized carbons (Fsp3) is 0.200. The van der Waals surface area contributed by atoms with Gasteiger partial charge in [0.25, 0.3) is 5.91 Å². The van der Waals surface area contributed by atoms with Crippen molar-refractivity contribution in [3.63, 3.8) is 0 Å². The zero-order chi connectivity index (χ0) is 20.1. The Kier molecular flexibility index (Phi) is 6.59. The molecule has 1 aliphatic rings. The average Bonchev–Trinajstić information content (AvgIpc) is 3.00. The minimum atomic E-state index is -0.345. The molecule has 1 fully saturated rings. The number of rotatable bonds is 6. The standard InChI is InChI=1S/C20H18ClFN2O3S/c1-3-26-16-9-12(15(21)11-17(16)27-4-2)10-18-19(25)24-20(28-18)23-14-7-5-13(22)6-8-14/h5-11H,3-4H2,1-2H3,(H,23,24,25)/b18-10+. The van der Waals surface area contributed by atoms with Crippen molar-refractivity contribution >= 4 is 46.2 Å². The lowest BCUT2D eigenvalue weighted by molar-refractivity contribution is -0.115. The van der Waals surface area contributed by atoms with Crippen LogP contribution < -0.4 is 14.8 Å². The van der Waals surface area contributed by atoms with E-state index >= 15 is 0 Å². The van der Waals surface area contributed by atoms with Crippen LogP contribution in [0.3, 0.4) is 0 Å². The van der Waals surface area contributed by atoms with Crippen LogP contribution in [0.1, 0.15) is 19.4 Å². The highest BCUT2D eigenvalue weighted by Gasteiger charge is 2.24. The summed E-state index contributed by atoms with van der Waals surface area (Å²) in [5, 5.41) is 3.54. The van der Waals surface area contributed by atoms with Crippen LogP contribution in [0, 0.1) is 5.82 Å². The van der Waals surface area contributed by atoms with Crippen molar-refractivity contribution in [3.05, 3.63) is 57.7 Å². The number of hydrogen-bond acceptors (Lipinski definition) is 5. The molecule has 1 heterocycles. The van der Waals surface area contributed by atoms with Gasteiger partial charge in [-0.25, -0.2) is 9.38 Å². The van der Waals surface area contributed by atoms with Crippen molar-refractivity contribution < 1.29 is 18.7 Å². The summed E-state index contributed by atoms with van der Waals surface area (Å²) in [4.78, 5) is 17.0. The molecule has 0 aromatic heterocycles. The third-order valence-electron chi connectivity index (χ3n) is 3.66. The Balaban J connectivity index is 1.87. The molecule has 1 amide bonds. The molecular weight excluding hydrogens is 403 g/mol. The van der Waals surface area contributed by atoms with E-state index in [1.807, 2.05) is 13.8 Å². The van der Waals surface area contributed by atoms with E-state index in [4.69, 9.17) is 21.1 Å². The maximum atomic E-state index is 13.0. The minimum absolute atomic E-state index is 0.284. The van der Waals surface area contributed by atoms with E-state index in [0.717, 1.165) is 0 Å². The monoisotopic (exact) mass is 420 g/mol. The molecule has 2 aromatic rings. The lowest BCUT2D eigenvalue weighted by Crippen LogP contribution is -2.19. The molecule has 0 radical (unpaired) electrons. The first-order valence-corrected chi connectivity index (χ1v) is 9.84. The summed E-state index contributed by atoms with van der Waals surface area (Å²) in [5.41, 5.74) is 1.18. The molecule has 2 aromatic carbocycles. The molecule has 0 atom stereocenters. The van der Waals surface area contributed by atoms with Gasteiger partial charge in [-0.2, -0.15) is 0 Å². The van der Waals surface area contributed by atoms with Crippen molar-refractivity contribution in [2.75, 3.05) is 13.2 Å². The molecule has 0 aliphatic carbocycles. The van der Waals surface area contributed by atoms with Gasteiger partial charge in [0.2, 0.25) is 0 Å². The molecule has 8 heteroatoms. The third-order valence-corrected chi connectivity index (χ3v) is 4.89. The van der Waals surface area contributed by atoms with E-state index in [1.165, 1.54) is 36.0 Å². The minimum Gasteiger partial charge on any atom is -0.490 e. The number of hydrogen-bond donors (Lipinski definition) is 1. The Morgan fingerprint density at radius 1 is 1.14 bits per heavy atom. The summed E-state index contributed by atoms with van der Waals surface area (Å²) in [6.07, 6.45) is 1.67. The number of aliphatic imine (C=N–C) groups is 1.